The van der Waals surface area contributed by atoms with Gasteiger partial charge in [0.2, 0.25) is 0 Å². The van der Waals surface area contributed by atoms with Crippen molar-refractivity contribution in [2.75, 3.05) is 6.54 Å². The molecule has 8 heteroatoms. The number of hydrogen-bond acceptors (Lipinski definition) is 5. The Bertz CT molecular complexity index is 1500. The average Bonchev–Trinajstić information content (AvgIpc) is 3.45. The second-order valence-corrected chi connectivity index (χ2v) is 11.5. The second kappa shape index (κ2) is 11.6. The van der Waals surface area contributed by atoms with E-state index in [0.29, 0.717) is 33.3 Å². The Kier molecular flexibility index (Phi) is 7.98. The minimum absolute atomic E-state index is 0.0628. The summed E-state index contributed by atoms with van der Waals surface area (Å²) in [5.74, 6) is 0.983. The summed E-state index contributed by atoms with van der Waals surface area (Å²) in [5, 5.41) is 5.60. The summed E-state index contributed by atoms with van der Waals surface area (Å²) >= 11 is 12.8. The van der Waals surface area contributed by atoms with Crippen molar-refractivity contribution in [2.45, 2.75) is 20.5 Å². The summed E-state index contributed by atoms with van der Waals surface area (Å²) in [4.78, 5) is 15.4. The molecule has 192 valence electrons. The normalized spacial score (nSPS) is 14.6. The van der Waals surface area contributed by atoms with E-state index in [-0.39, 0.29) is 5.91 Å². The highest BCUT2D eigenvalue weighted by Gasteiger charge is 2.32. The minimum Gasteiger partial charge on any atom is -0.489 e. The molecule has 1 saturated heterocycles. The highest BCUT2D eigenvalue weighted by Crippen LogP contribution is 2.36. The van der Waals surface area contributed by atoms with Crippen LogP contribution in [0.1, 0.15) is 25.0 Å². The molecule has 2 heterocycles. The van der Waals surface area contributed by atoms with Crippen molar-refractivity contribution in [3.63, 3.8) is 0 Å². The molecule has 0 saturated carbocycles. The molecule has 0 N–H and O–H groups in total. The van der Waals surface area contributed by atoms with Crippen LogP contribution in [0.15, 0.2) is 90.0 Å². The van der Waals surface area contributed by atoms with E-state index in [1.165, 1.54) is 11.8 Å². The molecule has 1 aliphatic rings. The lowest BCUT2D eigenvalue weighted by Gasteiger charge is -2.16. The fraction of sp³-hybridized carbons (Fsp3) is 0.167. The van der Waals surface area contributed by atoms with E-state index >= 15 is 0 Å². The van der Waals surface area contributed by atoms with Crippen LogP contribution in [0.4, 0.5) is 0 Å². The summed E-state index contributed by atoms with van der Waals surface area (Å²) < 4.78 is 8.48. The number of hydrogen-bond donors (Lipinski definition) is 0. The van der Waals surface area contributed by atoms with E-state index < -0.39 is 0 Å². The molecule has 1 amide bonds. The second-order valence-electron chi connectivity index (χ2n) is 9.34. The lowest BCUT2D eigenvalue weighted by Crippen LogP contribution is -2.31. The number of thiocarbonyl (C=S) groups is 1. The van der Waals surface area contributed by atoms with E-state index in [9.17, 15) is 4.79 Å². The first-order chi connectivity index (χ1) is 18.4. The smallest absolute Gasteiger partial charge is 0.266 e. The van der Waals surface area contributed by atoms with Gasteiger partial charge in [0, 0.05) is 28.9 Å². The van der Waals surface area contributed by atoms with E-state index in [0.717, 1.165) is 33.8 Å². The van der Waals surface area contributed by atoms with Gasteiger partial charge in [-0.2, -0.15) is 5.10 Å². The summed E-state index contributed by atoms with van der Waals surface area (Å²) in [6.07, 6.45) is 3.84. The number of nitrogens with zero attached hydrogens (tertiary/aromatic N) is 3. The highest BCUT2D eigenvalue weighted by atomic mass is 35.5. The fourth-order valence-corrected chi connectivity index (χ4v) is 5.47. The monoisotopic (exact) mass is 559 g/mol. The van der Waals surface area contributed by atoms with E-state index in [2.05, 4.69) is 13.8 Å². The molecule has 0 unspecified atom stereocenters. The molecule has 0 bridgehead atoms. The molecule has 5 nitrogen and oxygen atoms in total. The van der Waals surface area contributed by atoms with Crippen molar-refractivity contribution in [3.05, 3.63) is 106 Å². The van der Waals surface area contributed by atoms with Gasteiger partial charge in [0.25, 0.3) is 5.91 Å². The molecule has 3 aromatic carbocycles. The van der Waals surface area contributed by atoms with Crippen molar-refractivity contribution in [1.82, 2.24) is 14.7 Å². The summed E-state index contributed by atoms with van der Waals surface area (Å²) in [6.45, 7) is 5.17. The van der Waals surface area contributed by atoms with Gasteiger partial charge < -0.3 is 4.74 Å². The first kappa shape index (κ1) is 26.2. The van der Waals surface area contributed by atoms with Crippen LogP contribution in [-0.2, 0) is 11.4 Å². The predicted octanol–water partition coefficient (Wildman–Crippen LogP) is 7.63. The quantitative estimate of drug-likeness (QED) is 0.164. The third-order valence-electron chi connectivity index (χ3n) is 5.90. The maximum Gasteiger partial charge on any atom is 0.266 e. The number of amides is 1. The van der Waals surface area contributed by atoms with Gasteiger partial charge in [-0.25, -0.2) is 4.68 Å². The lowest BCUT2D eigenvalue weighted by molar-refractivity contribution is -0.122. The molecular formula is C30H26ClN3O2S2. The zero-order valence-corrected chi connectivity index (χ0v) is 23.4. The Balaban J connectivity index is 1.49. The third-order valence-corrected chi connectivity index (χ3v) is 7.53. The first-order valence-electron chi connectivity index (χ1n) is 12.3. The molecule has 1 aromatic heterocycles. The van der Waals surface area contributed by atoms with E-state index in [1.54, 1.807) is 4.90 Å². The molecule has 4 aromatic rings. The van der Waals surface area contributed by atoms with Crippen molar-refractivity contribution in [3.8, 4) is 22.7 Å². The van der Waals surface area contributed by atoms with E-state index in [4.69, 9.17) is 33.7 Å². The molecule has 1 fully saturated rings. The lowest BCUT2D eigenvalue weighted by atomic mass is 10.1. The standard InChI is InChI=1S/C30H26ClN3O2S2/c1-20(2)17-33-29(35)27(38-30(33)37)16-23-18-34(25-8-4-3-5-9-25)32-28(23)22-7-6-10-26(15-22)36-19-21-11-13-24(31)14-12-21/h3-16,18,20H,17,19H2,1-2H3/b27-16-. The van der Waals surface area contributed by atoms with Crippen molar-refractivity contribution in [2.24, 2.45) is 5.92 Å². The zero-order chi connectivity index (χ0) is 26.6. The van der Waals surface area contributed by atoms with Crippen molar-refractivity contribution in [1.29, 1.82) is 0 Å². The molecular weight excluding hydrogens is 534 g/mol. The van der Waals surface area contributed by atoms with Crippen LogP contribution in [0.2, 0.25) is 5.02 Å². The number of benzene rings is 3. The Hall–Kier alpha value is -3.39. The summed E-state index contributed by atoms with van der Waals surface area (Å²) in [5.41, 5.74) is 4.42. The number of aromatic nitrogens is 2. The van der Waals surface area contributed by atoms with Crippen molar-refractivity contribution >= 4 is 51.9 Å². The fourth-order valence-electron chi connectivity index (χ4n) is 4.07. The maximum absolute atomic E-state index is 13.2. The van der Waals surface area contributed by atoms with Crippen LogP contribution in [0, 0.1) is 5.92 Å². The average molecular weight is 560 g/mol. The van der Waals surface area contributed by atoms with Crippen LogP contribution in [0.5, 0.6) is 5.75 Å². The summed E-state index contributed by atoms with van der Waals surface area (Å²) in [7, 11) is 0. The SMILES string of the molecule is CC(C)CN1C(=O)/C(=C/c2cn(-c3ccccc3)nc2-c2cccc(OCc3ccc(Cl)cc3)c2)SC1=S. The number of ether oxygens (including phenoxy) is 1. The number of thioether (sulfide) groups is 1. The van der Waals surface area contributed by atoms with Gasteiger partial charge in [-0.05, 0) is 54.0 Å². The van der Waals surface area contributed by atoms with Crippen LogP contribution in [0.3, 0.4) is 0 Å². The zero-order valence-electron chi connectivity index (χ0n) is 21.0. The van der Waals surface area contributed by atoms with Crippen LogP contribution < -0.4 is 4.74 Å². The molecule has 38 heavy (non-hydrogen) atoms. The minimum atomic E-state index is -0.0628. The van der Waals surface area contributed by atoms with Gasteiger partial charge in [0.15, 0.2) is 0 Å². The molecule has 0 atom stereocenters. The molecule has 0 aliphatic carbocycles. The summed E-state index contributed by atoms with van der Waals surface area (Å²) in [6, 6.07) is 25.3. The van der Waals surface area contributed by atoms with Crippen LogP contribution >= 0.6 is 35.6 Å². The molecule has 1 aliphatic heterocycles. The number of carbonyl (C=O) groups is 1. The Morgan fingerprint density at radius 1 is 1.05 bits per heavy atom. The third kappa shape index (κ3) is 6.01. The van der Waals surface area contributed by atoms with Crippen LogP contribution in [0.25, 0.3) is 23.0 Å². The van der Waals surface area contributed by atoms with E-state index in [1.807, 2.05) is 95.8 Å². The topological polar surface area (TPSA) is 47.4 Å². The number of para-hydroxylation sites is 1. The molecule has 0 spiro atoms. The number of carbonyl (C=O) groups excluding carboxylic acids is 1. The van der Waals surface area contributed by atoms with Gasteiger partial charge >= 0.3 is 0 Å². The predicted molar refractivity (Wildman–Crippen MR) is 160 cm³/mol. The Morgan fingerprint density at radius 3 is 2.55 bits per heavy atom. The van der Waals surface area contributed by atoms with Gasteiger partial charge in [-0.3, -0.25) is 9.69 Å². The maximum atomic E-state index is 13.2. The van der Waals surface area contributed by atoms with Gasteiger partial charge in [0.05, 0.1) is 10.6 Å². The van der Waals surface area contributed by atoms with Gasteiger partial charge in [0.1, 0.15) is 22.4 Å². The van der Waals surface area contributed by atoms with Gasteiger partial charge in [-0.15, -0.1) is 0 Å². The van der Waals surface area contributed by atoms with Crippen molar-refractivity contribution < 1.29 is 9.53 Å². The molecule has 0 radical (unpaired) electrons. The number of rotatable bonds is 8. The Labute approximate surface area is 237 Å². The number of halogens is 1. The van der Waals surface area contributed by atoms with Crippen LogP contribution in [-0.4, -0.2) is 31.5 Å². The highest BCUT2D eigenvalue weighted by molar-refractivity contribution is 8.26. The first-order valence-corrected chi connectivity index (χ1v) is 13.9. The van der Waals surface area contributed by atoms with Gasteiger partial charge in [-0.1, -0.05) is 91.9 Å². The largest absolute Gasteiger partial charge is 0.489 e. The molecule has 5 rings (SSSR count). The Morgan fingerprint density at radius 2 is 1.82 bits per heavy atom.